The van der Waals surface area contributed by atoms with Gasteiger partial charge in [0.05, 0.1) is 6.67 Å². The first-order valence-corrected chi connectivity index (χ1v) is 5.91. The summed E-state index contributed by atoms with van der Waals surface area (Å²) >= 11 is 0. The number of likely N-dealkylation sites (tertiary alicyclic amines) is 1. The van der Waals surface area contributed by atoms with Crippen LogP contribution in [0.25, 0.3) is 0 Å². The van der Waals surface area contributed by atoms with E-state index in [1.165, 1.54) is 25.8 Å². The third-order valence-corrected chi connectivity index (χ3v) is 3.59. The molecule has 0 aliphatic carbocycles. The standard InChI is InChI=1S/C11H21FN2.2ClH/c12-8-10-2-1-7-14(9-10)11-3-5-13-6-4-11;;/h10-11,13H,1-9H2;2*1H. The SMILES string of the molecule is Cl.Cl.FCC1CCCN(C2CCNCC2)C1. The lowest BCUT2D eigenvalue weighted by molar-refractivity contribution is 0.0923. The molecule has 2 nitrogen and oxygen atoms in total. The molecule has 0 aromatic rings. The minimum Gasteiger partial charge on any atom is -0.317 e. The lowest BCUT2D eigenvalue weighted by atomic mass is 9.95. The highest BCUT2D eigenvalue weighted by Crippen LogP contribution is 2.22. The Balaban J connectivity index is 0.00000112. The van der Waals surface area contributed by atoms with Gasteiger partial charge in [0.15, 0.2) is 0 Å². The predicted molar refractivity (Wildman–Crippen MR) is 70.7 cm³/mol. The summed E-state index contributed by atoms with van der Waals surface area (Å²) in [6.45, 7) is 4.35. The maximum atomic E-state index is 12.6. The number of nitrogens with one attached hydrogen (secondary N) is 1. The average Bonchev–Trinajstić information content (AvgIpc) is 2.30. The third kappa shape index (κ3) is 4.36. The zero-order chi connectivity index (χ0) is 9.80. The third-order valence-electron chi connectivity index (χ3n) is 3.59. The van der Waals surface area contributed by atoms with E-state index < -0.39 is 0 Å². The smallest absolute Gasteiger partial charge is 0.0934 e. The van der Waals surface area contributed by atoms with Crippen molar-refractivity contribution in [1.29, 1.82) is 0 Å². The molecule has 16 heavy (non-hydrogen) atoms. The summed E-state index contributed by atoms with van der Waals surface area (Å²) < 4.78 is 12.6. The number of rotatable bonds is 2. The van der Waals surface area contributed by atoms with Crippen LogP contribution in [0.2, 0.25) is 0 Å². The van der Waals surface area contributed by atoms with E-state index in [2.05, 4.69) is 10.2 Å². The number of piperidine rings is 2. The van der Waals surface area contributed by atoms with Gasteiger partial charge >= 0.3 is 0 Å². The average molecular weight is 273 g/mol. The van der Waals surface area contributed by atoms with Crippen LogP contribution in [0, 0.1) is 5.92 Å². The van der Waals surface area contributed by atoms with Crippen LogP contribution in [-0.2, 0) is 0 Å². The second kappa shape index (κ2) is 8.51. The van der Waals surface area contributed by atoms with Crippen LogP contribution in [0.3, 0.4) is 0 Å². The molecule has 0 bridgehead atoms. The first-order valence-electron chi connectivity index (χ1n) is 5.91. The zero-order valence-electron chi connectivity index (χ0n) is 9.66. The maximum Gasteiger partial charge on any atom is 0.0934 e. The number of alkyl halides is 1. The number of hydrogen-bond donors (Lipinski definition) is 1. The maximum absolute atomic E-state index is 12.6. The van der Waals surface area contributed by atoms with E-state index in [-0.39, 0.29) is 31.5 Å². The summed E-state index contributed by atoms with van der Waals surface area (Å²) in [6, 6.07) is 0.727. The molecule has 1 atom stereocenters. The Hall–Kier alpha value is 0.430. The molecule has 2 rings (SSSR count). The van der Waals surface area contributed by atoms with Crippen molar-refractivity contribution >= 4 is 24.8 Å². The minimum absolute atomic E-state index is 0. The summed E-state index contributed by atoms with van der Waals surface area (Å²) in [5.74, 6) is 0.318. The van der Waals surface area contributed by atoms with E-state index in [0.717, 1.165) is 32.1 Å². The molecule has 0 saturated carbocycles. The fourth-order valence-corrected chi connectivity index (χ4v) is 2.73. The van der Waals surface area contributed by atoms with Crippen molar-refractivity contribution in [3.63, 3.8) is 0 Å². The molecular formula is C11H23Cl2FN2. The van der Waals surface area contributed by atoms with Crippen LogP contribution in [0.15, 0.2) is 0 Å². The Morgan fingerprint density at radius 3 is 2.44 bits per heavy atom. The van der Waals surface area contributed by atoms with Gasteiger partial charge < -0.3 is 5.32 Å². The monoisotopic (exact) mass is 272 g/mol. The molecule has 2 aliphatic heterocycles. The lowest BCUT2D eigenvalue weighted by Crippen LogP contribution is -2.47. The van der Waals surface area contributed by atoms with E-state index >= 15 is 0 Å². The number of nitrogens with zero attached hydrogens (tertiary/aromatic N) is 1. The van der Waals surface area contributed by atoms with Crippen molar-refractivity contribution < 1.29 is 4.39 Å². The molecule has 2 fully saturated rings. The van der Waals surface area contributed by atoms with Gasteiger partial charge in [-0.1, -0.05) is 0 Å². The van der Waals surface area contributed by atoms with Crippen molar-refractivity contribution in [3.8, 4) is 0 Å². The highest BCUT2D eigenvalue weighted by atomic mass is 35.5. The van der Waals surface area contributed by atoms with Crippen molar-refractivity contribution in [2.24, 2.45) is 5.92 Å². The lowest BCUT2D eigenvalue weighted by Gasteiger charge is -2.39. The van der Waals surface area contributed by atoms with Crippen molar-refractivity contribution in [2.75, 3.05) is 32.9 Å². The van der Waals surface area contributed by atoms with E-state index in [9.17, 15) is 4.39 Å². The van der Waals surface area contributed by atoms with Crippen molar-refractivity contribution in [3.05, 3.63) is 0 Å². The fraction of sp³-hybridized carbons (Fsp3) is 1.00. The predicted octanol–water partition coefficient (Wildman–Crippen LogP) is 2.26. The number of halogens is 3. The van der Waals surface area contributed by atoms with Crippen LogP contribution in [-0.4, -0.2) is 43.8 Å². The van der Waals surface area contributed by atoms with Gasteiger partial charge in [-0.25, -0.2) is 0 Å². The molecule has 2 saturated heterocycles. The number of hydrogen-bond acceptors (Lipinski definition) is 2. The van der Waals surface area contributed by atoms with Gasteiger partial charge in [0, 0.05) is 18.5 Å². The zero-order valence-corrected chi connectivity index (χ0v) is 11.3. The Kier molecular flexibility index (Phi) is 8.74. The van der Waals surface area contributed by atoms with Crippen LogP contribution in [0.5, 0.6) is 0 Å². The second-order valence-corrected chi connectivity index (χ2v) is 4.64. The van der Waals surface area contributed by atoms with E-state index in [4.69, 9.17) is 0 Å². The Morgan fingerprint density at radius 1 is 1.12 bits per heavy atom. The molecule has 1 unspecified atom stereocenters. The van der Waals surface area contributed by atoms with Gasteiger partial charge in [0.2, 0.25) is 0 Å². The molecule has 2 aliphatic rings. The summed E-state index contributed by atoms with van der Waals surface area (Å²) in [7, 11) is 0. The van der Waals surface area contributed by atoms with Crippen LogP contribution in [0.1, 0.15) is 25.7 Å². The quantitative estimate of drug-likeness (QED) is 0.830. The molecule has 0 amide bonds. The molecule has 0 aromatic carbocycles. The first-order chi connectivity index (χ1) is 6.90. The minimum atomic E-state index is -0.124. The largest absolute Gasteiger partial charge is 0.317 e. The first kappa shape index (κ1) is 16.4. The van der Waals surface area contributed by atoms with Crippen LogP contribution >= 0.6 is 24.8 Å². The van der Waals surface area contributed by atoms with Crippen LogP contribution in [0.4, 0.5) is 4.39 Å². The molecule has 0 spiro atoms. The van der Waals surface area contributed by atoms with Gasteiger partial charge in [0.25, 0.3) is 0 Å². The van der Waals surface area contributed by atoms with E-state index in [1.54, 1.807) is 0 Å². The Morgan fingerprint density at radius 2 is 1.81 bits per heavy atom. The van der Waals surface area contributed by atoms with E-state index in [1.807, 2.05) is 0 Å². The molecule has 5 heteroatoms. The summed E-state index contributed by atoms with van der Waals surface area (Å²) in [5.41, 5.74) is 0. The summed E-state index contributed by atoms with van der Waals surface area (Å²) in [4.78, 5) is 2.52. The van der Waals surface area contributed by atoms with Gasteiger partial charge in [-0.15, -0.1) is 24.8 Å². The van der Waals surface area contributed by atoms with Crippen LogP contribution < -0.4 is 5.32 Å². The molecule has 98 valence electrons. The highest BCUT2D eigenvalue weighted by Gasteiger charge is 2.26. The molecule has 2 heterocycles. The molecular weight excluding hydrogens is 250 g/mol. The normalized spacial score (nSPS) is 27.9. The Bertz CT molecular complexity index is 177. The van der Waals surface area contributed by atoms with E-state index in [0.29, 0.717) is 5.92 Å². The van der Waals surface area contributed by atoms with Crippen molar-refractivity contribution in [1.82, 2.24) is 10.2 Å². The molecule has 0 radical (unpaired) electrons. The molecule has 0 aromatic heterocycles. The Labute approximate surface area is 110 Å². The van der Waals surface area contributed by atoms with Crippen molar-refractivity contribution in [2.45, 2.75) is 31.7 Å². The summed E-state index contributed by atoms with van der Waals surface area (Å²) in [5, 5.41) is 3.38. The van der Waals surface area contributed by atoms with Gasteiger partial charge in [0.1, 0.15) is 0 Å². The topological polar surface area (TPSA) is 15.3 Å². The highest BCUT2D eigenvalue weighted by molar-refractivity contribution is 5.85. The van der Waals surface area contributed by atoms with Gasteiger partial charge in [-0.3, -0.25) is 9.29 Å². The summed E-state index contributed by atoms with van der Waals surface area (Å²) in [6.07, 6.45) is 4.79. The fourth-order valence-electron chi connectivity index (χ4n) is 2.73. The van der Waals surface area contributed by atoms with Gasteiger partial charge in [-0.05, 0) is 45.3 Å². The van der Waals surface area contributed by atoms with Gasteiger partial charge in [-0.2, -0.15) is 0 Å². The second-order valence-electron chi connectivity index (χ2n) is 4.64. The molecule has 1 N–H and O–H groups in total.